The van der Waals surface area contributed by atoms with Gasteiger partial charge in [0.2, 0.25) is 0 Å². The maximum atomic E-state index is 13.1. The lowest BCUT2D eigenvalue weighted by Gasteiger charge is -2.27. The first-order valence-electron chi connectivity index (χ1n) is 13.0. The highest BCUT2D eigenvalue weighted by Gasteiger charge is 2.28. The minimum atomic E-state index is -1.02. The number of nitrogens with one attached hydrogen (secondary N) is 1. The molecule has 6 heteroatoms. The predicted molar refractivity (Wildman–Crippen MR) is 145 cm³/mol. The van der Waals surface area contributed by atoms with Crippen LogP contribution in [0.5, 0.6) is 0 Å². The third-order valence-corrected chi connectivity index (χ3v) is 7.31. The third kappa shape index (κ3) is 7.10. The monoisotopic (exact) mass is 501 g/mol. The van der Waals surface area contributed by atoms with Gasteiger partial charge in [-0.2, -0.15) is 5.10 Å². The number of carbonyl (C=O) groups is 1. The number of amides is 1. The van der Waals surface area contributed by atoms with Crippen LogP contribution in [0.15, 0.2) is 18.2 Å². The highest BCUT2D eigenvalue weighted by Crippen LogP contribution is 2.35. The van der Waals surface area contributed by atoms with E-state index in [0.29, 0.717) is 10.9 Å². The van der Waals surface area contributed by atoms with E-state index >= 15 is 0 Å². The molecule has 5 nitrogen and oxygen atoms in total. The number of aromatic nitrogens is 2. The van der Waals surface area contributed by atoms with Gasteiger partial charge in [0.1, 0.15) is 0 Å². The maximum Gasteiger partial charge on any atom is 0.273 e. The fraction of sp³-hybridized carbons (Fsp3) is 0.655. The number of rotatable bonds is 6. The molecule has 2 aromatic rings. The molecule has 1 fully saturated rings. The van der Waals surface area contributed by atoms with Gasteiger partial charge in [-0.3, -0.25) is 4.79 Å². The second-order valence-electron chi connectivity index (χ2n) is 13.0. The Kier molecular flexibility index (Phi) is 8.13. The summed E-state index contributed by atoms with van der Waals surface area (Å²) in [7, 11) is 0. The van der Waals surface area contributed by atoms with E-state index in [9.17, 15) is 9.90 Å². The molecule has 0 bridgehead atoms. The van der Waals surface area contributed by atoms with Gasteiger partial charge in [0, 0.05) is 6.54 Å². The molecule has 3 rings (SSSR count). The van der Waals surface area contributed by atoms with Gasteiger partial charge in [-0.15, -0.1) is 0 Å². The summed E-state index contributed by atoms with van der Waals surface area (Å²) in [6.45, 7) is 16.7. The molecule has 0 aliphatic heterocycles. The smallest absolute Gasteiger partial charge is 0.273 e. The molecule has 1 heterocycles. The summed E-state index contributed by atoms with van der Waals surface area (Å²) in [5.74, 6) is 0.181. The molecule has 0 spiro atoms. The standard InChI is InChI=1S/C29H44ClN3O2/c1-27(2,3)20-15-21(28(4,5)6)17-22(16-20)33-23(14-19-12-10-9-11-13-19)24(30)25(32-33)26(34)31-18-29(7,8)35/h15-17,19,35H,9-14,18H2,1-8H3,(H,31,34). The molecular formula is C29H44ClN3O2. The van der Waals surface area contributed by atoms with Crippen LogP contribution < -0.4 is 5.32 Å². The van der Waals surface area contributed by atoms with Gasteiger partial charge in [-0.05, 0) is 60.3 Å². The lowest BCUT2D eigenvalue weighted by atomic mass is 9.80. The Bertz CT molecular complexity index is 1010. The molecule has 194 valence electrons. The summed E-state index contributed by atoms with van der Waals surface area (Å²) >= 11 is 6.90. The van der Waals surface area contributed by atoms with Gasteiger partial charge in [-0.25, -0.2) is 4.68 Å². The first kappa shape index (κ1) is 27.7. The Morgan fingerprint density at radius 1 is 1.00 bits per heavy atom. The van der Waals surface area contributed by atoms with Crippen molar-refractivity contribution < 1.29 is 9.90 Å². The lowest BCUT2D eigenvalue weighted by molar-refractivity contribution is 0.0692. The average Bonchev–Trinajstić information content (AvgIpc) is 3.07. The van der Waals surface area contributed by atoms with Crippen LogP contribution in [-0.2, 0) is 17.3 Å². The molecule has 1 aliphatic rings. The number of aliphatic hydroxyl groups is 1. The van der Waals surface area contributed by atoms with Crippen LogP contribution in [0, 0.1) is 5.92 Å². The van der Waals surface area contributed by atoms with E-state index in [0.717, 1.165) is 17.8 Å². The first-order valence-corrected chi connectivity index (χ1v) is 13.4. The van der Waals surface area contributed by atoms with Gasteiger partial charge in [-0.1, -0.05) is 91.3 Å². The summed E-state index contributed by atoms with van der Waals surface area (Å²) in [5.41, 5.74) is 3.42. The van der Waals surface area contributed by atoms with Gasteiger partial charge < -0.3 is 10.4 Å². The Balaban J connectivity index is 2.14. The van der Waals surface area contributed by atoms with Gasteiger partial charge in [0.25, 0.3) is 5.91 Å². The zero-order valence-electron chi connectivity index (χ0n) is 22.9. The fourth-order valence-electron chi connectivity index (χ4n) is 4.61. The summed E-state index contributed by atoms with van der Waals surface area (Å²) in [6.07, 6.45) is 6.92. The van der Waals surface area contributed by atoms with E-state index < -0.39 is 5.60 Å². The number of benzene rings is 1. The lowest BCUT2D eigenvalue weighted by Crippen LogP contribution is -2.38. The Labute approximate surface area is 216 Å². The molecule has 35 heavy (non-hydrogen) atoms. The highest BCUT2D eigenvalue weighted by atomic mass is 35.5. The van der Waals surface area contributed by atoms with Crippen LogP contribution >= 0.6 is 11.6 Å². The van der Waals surface area contributed by atoms with E-state index in [4.69, 9.17) is 16.7 Å². The zero-order valence-corrected chi connectivity index (χ0v) is 23.6. The van der Waals surface area contributed by atoms with E-state index in [2.05, 4.69) is 65.1 Å². The second kappa shape index (κ2) is 10.3. The van der Waals surface area contributed by atoms with Crippen LogP contribution in [0.25, 0.3) is 5.69 Å². The number of nitrogens with zero attached hydrogens (tertiary/aromatic N) is 2. The predicted octanol–water partition coefficient (Wildman–Crippen LogP) is 6.74. The topological polar surface area (TPSA) is 67.2 Å². The Morgan fingerprint density at radius 3 is 2.03 bits per heavy atom. The maximum absolute atomic E-state index is 13.1. The van der Waals surface area contributed by atoms with Crippen molar-refractivity contribution in [1.82, 2.24) is 15.1 Å². The summed E-state index contributed by atoms with van der Waals surface area (Å²) < 4.78 is 1.90. The molecule has 1 aromatic heterocycles. The molecule has 0 unspecified atom stereocenters. The van der Waals surface area contributed by atoms with Crippen LogP contribution in [0.2, 0.25) is 5.02 Å². The molecule has 0 atom stereocenters. The molecule has 2 N–H and O–H groups in total. The van der Waals surface area contributed by atoms with Crippen molar-refractivity contribution in [2.75, 3.05) is 6.54 Å². The Morgan fingerprint density at radius 2 is 1.54 bits per heavy atom. The van der Waals surface area contributed by atoms with Crippen LogP contribution in [0.3, 0.4) is 0 Å². The molecular weight excluding hydrogens is 458 g/mol. The van der Waals surface area contributed by atoms with Crippen molar-refractivity contribution in [3.05, 3.63) is 45.7 Å². The fourth-order valence-corrected chi connectivity index (χ4v) is 4.89. The van der Waals surface area contributed by atoms with Crippen LogP contribution in [0.4, 0.5) is 0 Å². The largest absolute Gasteiger partial charge is 0.389 e. The summed E-state index contributed by atoms with van der Waals surface area (Å²) in [4.78, 5) is 13.1. The third-order valence-electron chi connectivity index (χ3n) is 6.91. The van der Waals surface area contributed by atoms with E-state index in [1.165, 1.54) is 43.2 Å². The molecule has 1 aromatic carbocycles. The van der Waals surface area contributed by atoms with E-state index in [1.54, 1.807) is 13.8 Å². The van der Waals surface area contributed by atoms with Gasteiger partial charge in [0.05, 0.1) is 22.0 Å². The highest BCUT2D eigenvalue weighted by molar-refractivity contribution is 6.34. The quantitative estimate of drug-likeness (QED) is 0.460. The first-order chi connectivity index (χ1) is 16.1. The normalized spacial score (nSPS) is 15.9. The molecule has 0 saturated heterocycles. The SMILES string of the molecule is CC(C)(O)CNC(=O)c1nn(-c2cc(C(C)(C)C)cc(C(C)(C)C)c2)c(CC2CCCCC2)c1Cl. The molecule has 1 amide bonds. The second-order valence-corrected chi connectivity index (χ2v) is 13.4. The van der Waals surface area contributed by atoms with Gasteiger partial charge >= 0.3 is 0 Å². The van der Waals surface area contributed by atoms with E-state index in [-0.39, 0.29) is 29.0 Å². The number of halogens is 1. The molecule has 0 radical (unpaired) electrons. The summed E-state index contributed by atoms with van der Waals surface area (Å²) in [6, 6.07) is 6.65. The van der Waals surface area contributed by atoms with Gasteiger partial charge in [0.15, 0.2) is 5.69 Å². The van der Waals surface area contributed by atoms with Crippen LogP contribution in [0.1, 0.15) is 115 Å². The van der Waals surface area contributed by atoms with Crippen molar-refractivity contribution in [3.63, 3.8) is 0 Å². The minimum Gasteiger partial charge on any atom is -0.389 e. The number of hydrogen-bond donors (Lipinski definition) is 2. The Hall–Kier alpha value is -1.85. The van der Waals surface area contributed by atoms with Crippen molar-refractivity contribution in [3.8, 4) is 5.69 Å². The van der Waals surface area contributed by atoms with Crippen molar-refractivity contribution >= 4 is 17.5 Å². The van der Waals surface area contributed by atoms with Crippen molar-refractivity contribution in [2.24, 2.45) is 5.92 Å². The van der Waals surface area contributed by atoms with Crippen LogP contribution in [-0.4, -0.2) is 32.9 Å². The van der Waals surface area contributed by atoms with Crippen molar-refractivity contribution in [1.29, 1.82) is 0 Å². The minimum absolute atomic E-state index is 0.0383. The van der Waals surface area contributed by atoms with E-state index in [1.807, 2.05) is 4.68 Å². The summed E-state index contributed by atoms with van der Waals surface area (Å²) in [5, 5.41) is 18.1. The molecule has 1 saturated carbocycles. The number of carbonyl (C=O) groups excluding carboxylic acids is 1. The molecule has 1 aliphatic carbocycles. The zero-order chi connectivity index (χ0) is 26.2. The average molecular weight is 502 g/mol. The number of hydrogen-bond acceptors (Lipinski definition) is 3. The van der Waals surface area contributed by atoms with Crippen molar-refractivity contribution in [2.45, 2.75) is 110 Å².